The molecule has 1 aromatic heterocycles. The van der Waals surface area contributed by atoms with E-state index in [1.807, 2.05) is 13.8 Å². The summed E-state index contributed by atoms with van der Waals surface area (Å²) >= 11 is 1.23. The van der Waals surface area contributed by atoms with Gasteiger partial charge in [0.15, 0.2) is 0 Å². The van der Waals surface area contributed by atoms with Crippen LogP contribution < -0.4 is 5.32 Å². The number of amides is 2. The maximum absolute atomic E-state index is 11.9. The summed E-state index contributed by atoms with van der Waals surface area (Å²) in [6.07, 6.45) is 0. The molecule has 0 spiro atoms. The van der Waals surface area contributed by atoms with Crippen molar-refractivity contribution < 1.29 is 14.7 Å². The molecule has 0 saturated carbocycles. The summed E-state index contributed by atoms with van der Waals surface area (Å²) in [7, 11) is 0. The molecule has 0 aromatic carbocycles. The minimum Gasteiger partial charge on any atom is -0.384 e. The van der Waals surface area contributed by atoms with Gasteiger partial charge >= 0.3 is 0 Å². The second kappa shape index (κ2) is 8.35. The molecule has 0 unspecified atom stereocenters. The van der Waals surface area contributed by atoms with E-state index in [1.165, 1.54) is 11.3 Å². The first kappa shape index (κ1) is 16.2. The molecule has 0 aliphatic rings. The molecule has 2 amide bonds. The van der Waals surface area contributed by atoms with Gasteiger partial charge in [-0.15, -0.1) is 11.3 Å². The van der Waals surface area contributed by atoms with Gasteiger partial charge in [0.05, 0.1) is 16.3 Å². The molecular formula is C14H18N2O3S. The minimum atomic E-state index is -0.285. The van der Waals surface area contributed by atoms with Gasteiger partial charge in [0.1, 0.15) is 6.61 Å². The maximum atomic E-state index is 11.9. The molecule has 20 heavy (non-hydrogen) atoms. The summed E-state index contributed by atoms with van der Waals surface area (Å²) in [5.74, 6) is 4.87. The first-order chi connectivity index (χ1) is 9.62. The Morgan fingerprint density at radius 1 is 1.35 bits per heavy atom. The van der Waals surface area contributed by atoms with Crippen molar-refractivity contribution in [3.63, 3.8) is 0 Å². The SMILES string of the molecule is CCN(CC)C(=O)CNC(=O)c1ccc(C#CCO)s1. The molecule has 0 fully saturated rings. The van der Waals surface area contributed by atoms with Crippen LogP contribution in [0.1, 0.15) is 28.4 Å². The predicted molar refractivity (Wildman–Crippen MR) is 78.5 cm³/mol. The zero-order valence-electron chi connectivity index (χ0n) is 11.6. The van der Waals surface area contributed by atoms with Crippen LogP contribution in [-0.2, 0) is 4.79 Å². The fraction of sp³-hybridized carbons (Fsp3) is 0.429. The van der Waals surface area contributed by atoms with E-state index in [4.69, 9.17) is 5.11 Å². The van der Waals surface area contributed by atoms with Crippen LogP contribution in [0.5, 0.6) is 0 Å². The summed E-state index contributed by atoms with van der Waals surface area (Å²) in [4.78, 5) is 26.5. The number of carbonyl (C=O) groups excluding carboxylic acids is 2. The Morgan fingerprint density at radius 3 is 2.65 bits per heavy atom. The van der Waals surface area contributed by atoms with Gasteiger partial charge in [0.2, 0.25) is 5.91 Å². The predicted octanol–water partition coefficient (Wildman–Crippen LogP) is 0.690. The molecule has 1 aromatic rings. The van der Waals surface area contributed by atoms with E-state index in [9.17, 15) is 9.59 Å². The highest BCUT2D eigenvalue weighted by molar-refractivity contribution is 7.14. The second-order valence-corrected chi connectivity index (χ2v) is 4.96. The number of hydrogen-bond donors (Lipinski definition) is 2. The van der Waals surface area contributed by atoms with Crippen molar-refractivity contribution in [3.05, 3.63) is 21.9 Å². The lowest BCUT2D eigenvalue weighted by molar-refractivity contribution is -0.129. The number of thiophene rings is 1. The van der Waals surface area contributed by atoms with Crippen molar-refractivity contribution in [2.24, 2.45) is 0 Å². The molecule has 5 nitrogen and oxygen atoms in total. The zero-order valence-corrected chi connectivity index (χ0v) is 12.4. The second-order valence-electron chi connectivity index (χ2n) is 3.87. The topological polar surface area (TPSA) is 69.6 Å². The van der Waals surface area contributed by atoms with Crippen LogP contribution in [0.3, 0.4) is 0 Å². The summed E-state index contributed by atoms with van der Waals surface area (Å²) in [5, 5.41) is 11.2. The number of rotatable bonds is 5. The summed E-state index contributed by atoms with van der Waals surface area (Å²) in [6.45, 7) is 4.84. The normalized spacial score (nSPS) is 9.55. The number of aliphatic hydroxyl groups excluding tert-OH is 1. The number of aliphatic hydroxyl groups is 1. The molecule has 0 bridgehead atoms. The molecule has 0 saturated heterocycles. The van der Waals surface area contributed by atoms with Crippen LogP contribution in [0, 0.1) is 11.8 Å². The van der Waals surface area contributed by atoms with E-state index >= 15 is 0 Å². The molecule has 0 aliphatic carbocycles. The Kier molecular flexibility index (Phi) is 6.77. The number of carbonyl (C=O) groups is 2. The smallest absolute Gasteiger partial charge is 0.261 e. The van der Waals surface area contributed by atoms with Gasteiger partial charge in [-0.25, -0.2) is 0 Å². The quantitative estimate of drug-likeness (QED) is 0.785. The van der Waals surface area contributed by atoms with Gasteiger partial charge in [-0.05, 0) is 26.0 Å². The number of hydrogen-bond acceptors (Lipinski definition) is 4. The van der Waals surface area contributed by atoms with E-state index in [-0.39, 0.29) is 25.0 Å². The molecule has 1 rings (SSSR count). The summed E-state index contributed by atoms with van der Waals surface area (Å²) in [6, 6.07) is 3.37. The fourth-order valence-electron chi connectivity index (χ4n) is 1.58. The van der Waals surface area contributed by atoms with Crippen molar-refractivity contribution in [1.82, 2.24) is 10.2 Å². The van der Waals surface area contributed by atoms with Crippen molar-refractivity contribution in [2.75, 3.05) is 26.2 Å². The van der Waals surface area contributed by atoms with Gasteiger partial charge in [-0.1, -0.05) is 11.8 Å². The van der Waals surface area contributed by atoms with Crippen LogP contribution in [0.15, 0.2) is 12.1 Å². The molecule has 0 aliphatic heterocycles. The standard InChI is InChI=1S/C14H18N2O3S/c1-3-16(4-2)13(18)10-15-14(19)12-8-7-11(20-12)6-5-9-17/h7-8,17H,3-4,9-10H2,1-2H3,(H,15,19). The first-order valence-electron chi connectivity index (χ1n) is 6.37. The Bertz CT molecular complexity index is 524. The van der Waals surface area contributed by atoms with Gasteiger partial charge in [0.25, 0.3) is 5.91 Å². The highest BCUT2D eigenvalue weighted by Gasteiger charge is 2.13. The van der Waals surface area contributed by atoms with Crippen molar-refractivity contribution in [2.45, 2.75) is 13.8 Å². The largest absolute Gasteiger partial charge is 0.384 e. The molecule has 1 heterocycles. The van der Waals surface area contributed by atoms with Gasteiger partial charge in [0, 0.05) is 13.1 Å². The fourth-order valence-corrected chi connectivity index (χ4v) is 2.38. The van der Waals surface area contributed by atoms with E-state index in [1.54, 1.807) is 17.0 Å². The van der Waals surface area contributed by atoms with Gasteiger partial charge in [-0.2, -0.15) is 0 Å². The number of likely N-dealkylation sites (N-methyl/N-ethyl adjacent to an activating group) is 1. The lowest BCUT2D eigenvalue weighted by atomic mass is 10.4. The van der Waals surface area contributed by atoms with Crippen LogP contribution in [0.2, 0.25) is 0 Å². The van der Waals surface area contributed by atoms with Crippen molar-refractivity contribution in [1.29, 1.82) is 0 Å². The van der Waals surface area contributed by atoms with Crippen LogP contribution in [-0.4, -0.2) is 48.1 Å². The molecule has 108 valence electrons. The summed E-state index contributed by atoms with van der Waals surface area (Å²) in [5.41, 5.74) is 0. The molecule has 0 atom stereocenters. The average molecular weight is 294 g/mol. The van der Waals surface area contributed by atoms with E-state index in [0.717, 1.165) is 0 Å². The Balaban J connectivity index is 2.55. The number of nitrogens with one attached hydrogen (secondary N) is 1. The van der Waals surface area contributed by atoms with Gasteiger partial charge < -0.3 is 15.3 Å². The average Bonchev–Trinajstić information content (AvgIpc) is 2.92. The van der Waals surface area contributed by atoms with E-state index in [2.05, 4.69) is 17.2 Å². The van der Waals surface area contributed by atoms with Crippen LogP contribution in [0.4, 0.5) is 0 Å². The molecule has 6 heteroatoms. The van der Waals surface area contributed by atoms with Crippen LogP contribution in [0.25, 0.3) is 0 Å². The van der Waals surface area contributed by atoms with Crippen molar-refractivity contribution in [3.8, 4) is 11.8 Å². The molecule has 0 radical (unpaired) electrons. The highest BCUT2D eigenvalue weighted by Crippen LogP contribution is 2.15. The lowest BCUT2D eigenvalue weighted by Gasteiger charge is -2.18. The minimum absolute atomic E-state index is 0.00390. The Labute approximate surface area is 122 Å². The highest BCUT2D eigenvalue weighted by atomic mass is 32.1. The lowest BCUT2D eigenvalue weighted by Crippen LogP contribution is -2.39. The zero-order chi connectivity index (χ0) is 15.0. The van der Waals surface area contributed by atoms with Crippen LogP contribution >= 0.6 is 11.3 Å². The maximum Gasteiger partial charge on any atom is 0.261 e. The monoisotopic (exact) mass is 294 g/mol. The van der Waals surface area contributed by atoms with E-state index < -0.39 is 0 Å². The number of nitrogens with zero attached hydrogens (tertiary/aromatic N) is 1. The first-order valence-corrected chi connectivity index (χ1v) is 7.19. The molecular weight excluding hydrogens is 276 g/mol. The Hall–Kier alpha value is -1.84. The Morgan fingerprint density at radius 2 is 2.05 bits per heavy atom. The summed E-state index contributed by atoms with van der Waals surface area (Å²) < 4.78 is 0. The van der Waals surface area contributed by atoms with Gasteiger partial charge in [-0.3, -0.25) is 9.59 Å². The third kappa shape index (κ3) is 4.68. The molecule has 2 N–H and O–H groups in total. The third-order valence-electron chi connectivity index (χ3n) is 2.64. The third-order valence-corrected chi connectivity index (χ3v) is 3.64. The van der Waals surface area contributed by atoms with E-state index in [0.29, 0.717) is 22.8 Å². The van der Waals surface area contributed by atoms with Crippen molar-refractivity contribution >= 4 is 23.2 Å².